The number of nitrogens with zero attached hydrogens (tertiary/aromatic N) is 1. The number of ketones is 1. The summed E-state index contributed by atoms with van der Waals surface area (Å²) in [6.07, 6.45) is 0. The molecule has 19 heavy (non-hydrogen) atoms. The van der Waals surface area contributed by atoms with Crippen molar-refractivity contribution >= 4 is 23.1 Å². The van der Waals surface area contributed by atoms with E-state index in [-0.39, 0.29) is 5.78 Å². The normalized spacial score (nSPS) is 10.3. The minimum absolute atomic E-state index is 0.0215. The van der Waals surface area contributed by atoms with Crippen molar-refractivity contribution in [3.05, 3.63) is 45.4 Å². The molecular weight excluding hydrogens is 262 g/mol. The van der Waals surface area contributed by atoms with Crippen LogP contribution in [-0.2, 0) is 0 Å². The average Bonchev–Trinajstić information content (AvgIpc) is 2.69. The van der Waals surface area contributed by atoms with Crippen LogP contribution in [0.15, 0.2) is 24.3 Å². The molecule has 0 aliphatic rings. The maximum absolute atomic E-state index is 11.9. The lowest BCUT2D eigenvalue weighted by molar-refractivity contribution is 0.0739. The Morgan fingerprint density at radius 2 is 1.79 bits per heavy atom. The van der Waals surface area contributed by atoms with Gasteiger partial charge >= 0.3 is 5.97 Å². The molecule has 0 aliphatic carbocycles. The molecule has 0 saturated carbocycles. The van der Waals surface area contributed by atoms with Crippen LogP contribution in [0.4, 0.5) is 0 Å². The Labute approximate surface area is 115 Å². The molecular formula is C14H13NO3S. The highest BCUT2D eigenvalue weighted by Crippen LogP contribution is 2.20. The average molecular weight is 275 g/mol. The number of aryl methyl sites for hydroxylation is 2. The van der Waals surface area contributed by atoms with Crippen molar-refractivity contribution in [2.75, 3.05) is 0 Å². The van der Waals surface area contributed by atoms with Crippen molar-refractivity contribution in [1.29, 1.82) is 0 Å². The molecule has 1 aromatic carbocycles. The lowest BCUT2D eigenvalue weighted by Crippen LogP contribution is -2.08. The van der Waals surface area contributed by atoms with Crippen LogP contribution in [0.3, 0.4) is 0 Å². The van der Waals surface area contributed by atoms with Crippen LogP contribution in [-0.4, -0.2) is 16.7 Å². The molecule has 0 unspecified atom stereocenters. The molecule has 2 rings (SSSR count). The fraction of sp³-hybridized carbons (Fsp3) is 0.214. The monoisotopic (exact) mass is 275 g/mol. The summed E-state index contributed by atoms with van der Waals surface area (Å²) in [5, 5.41) is 0.830. The van der Waals surface area contributed by atoms with Gasteiger partial charge in [0.15, 0.2) is 5.78 Å². The summed E-state index contributed by atoms with van der Waals surface area (Å²) in [5.41, 5.74) is 1.26. The third-order valence-corrected chi connectivity index (χ3v) is 3.61. The molecule has 0 atom stereocenters. The number of aromatic nitrogens is 1. The zero-order valence-corrected chi connectivity index (χ0v) is 11.7. The van der Waals surface area contributed by atoms with Crippen LogP contribution < -0.4 is 4.74 Å². The third kappa shape index (κ3) is 3.06. The molecule has 5 heteroatoms. The fourth-order valence-electron chi connectivity index (χ4n) is 1.63. The van der Waals surface area contributed by atoms with Crippen molar-refractivity contribution in [1.82, 2.24) is 4.98 Å². The number of ether oxygens (including phenoxy) is 1. The summed E-state index contributed by atoms with van der Waals surface area (Å²) in [6, 6.07) is 6.49. The molecule has 2 aromatic rings. The van der Waals surface area contributed by atoms with E-state index in [1.54, 1.807) is 31.2 Å². The molecule has 1 heterocycles. The number of hydrogen-bond donors (Lipinski definition) is 0. The highest BCUT2D eigenvalue weighted by Gasteiger charge is 2.16. The molecule has 0 N–H and O–H groups in total. The van der Waals surface area contributed by atoms with Gasteiger partial charge in [0.05, 0.1) is 10.7 Å². The lowest BCUT2D eigenvalue weighted by atomic mass is 10.1. The molecule has 98 valence electrons. The van der Waals surface area contributed by atoms with Gasteiger partial charge in [-0.05, 0) is 45.0 Å². The van der Waals surface area contributed by atoms with Crippen LogP contribution in [0.2, 0.25) is 0 Å². The van der Waals surface area contributed by atoms with E-state index < -0.39 is 5.97 Å². The molecule has 4 nitrogen and oxygen atoms in total. The van der Waals surface area contributed by atoms with E-state index in [1.165, 1.54) is 18.3 Å². The summed E-state index contributed by atoms with van der Waals surface area (Å²) in [7, 11) is 0. The van der Waals surface area contributed by atoms with Crippen LogP contribution in [0, 0.1) is 13.8 Å². The maximum atomic E-state index is 11.9. The molecule has 0 saturated heterocycles. The molecule has 0 fully saturated rings. The van der Waals surface area contributed by atoms with Crippen molar-refractivity contribution in [2.45, 2.75) is 20.8 Å². The highest BCUT2D eigenvalue weighted by molar-refractivity contribution is 7.13. The first-order valence-electron chi connectivity index (χ1n) is 5.74. The van der Waals surface area contributed by atoms with E-state index in [2.05, 4.69) is 4.98 Å². The summed E-state index contributed by atoms with van der Waals surface area (Å²) in [6.45, 7) is 5.11. The first-order valence-corrected chi connectivity index (χ1v) is 6.56. The molecule has 0 bridgehead atoms. The first-order chi connectivity index (χ1) is 8.97. The number of Topliss-reactive ketones (excluding diaryl/α,β-unsaturated/α-hetero) is 1. The van der Waals surface area contributed by atoms with Gasteiger partial charge < -0.3 is 4.74 Å². The van der Waals surface area contributed by atoms with E-state index in [9.17, 15) is 9.59 Å². The first kappa shape index (κ1) is 13.4. The topological polar surface area (TPSA) is 56.3 Å². The lowest BCUT2D eigenvalue weighted by Gasteiger charge is -2.03. The molecule has 0 amide bonds. The fourth-order valence-corrected chi connectivity index (χ4v) is 2.43. The number of rotatable bonds is 3. The zero-order valence-electron chi connectivity index (χ0n) is 10.9. The van der Waals surface area contributed by atoms with Gasteiger partial charge in [0.25, 0.3) is 0 Å². The second-order valence-electron chi connectivity index (χ2n) is 4.12. The Bertz CT molecular complexity index is 629. The molecule has 1 aromatic heterocycles. The zero-order chi connectivity index (χ0) is 14.0. The summed E-state index contributed by atoms with van der Waals surface area (Å²) in [5.74, 6) is -0.0223. The van der Waals surface area contributed by atoms with Crippen LogP contribution >= 0.6 is 11.3 Å². The van der Waals surface area contributed by atoms with E-state index in [1.807, 2.05) is 6.92 Å². The van der Waals surface area contributed by atoms with Gasteiger partial charge in [-0.25, -0.2) is 9.78 Å². The third-order valence-electron chi connectivity index (χ3n) is 2.56. The quantitative estimate of drug-likeness (QED) is 0.490. The number of hydrogen-bond acceptors (Lipinski definition) is 5. The van der Waals surface area contributed by atoms with Crippen molar-refractivity contribution < 1.29 is 14.3 Å². The number of thiazole rings is 1. The van der Waals surface area contributed by atoms with Crippen molar-refractivity contribution in [3.8, 4) is 5.75 Å². The number of esters is 1. The minimum Gasteiger partial charge on any atom is -0.422 e. The predicted molar refractivity (Wildman–Crippen MR) is 73.0 cm³/mol. The molecule has 0 aliphatic heterocycles. The number of carbonyl (C=O) groups excluding carboxylic acids is 2. The smallest absolute Gasteiger partial charge is 0.355 e. The molecule has 0 radical (unpaired) electrons. The van der Waals surface area contributed by atoms with Gasteiger partial charge in [0.1, 0.15) is 10.6 Å². The Morgan fingerprint density at radius 3 is 2.26 bits per heavy atom. The summed E-state index contributed by atoms with van der Waals surface area (Å²) < 4.78 is 5.25. The van der Waals surface area contributed by atoms with Gasteiger partial charge in [-0.2, -0.15) is 0 Å². The van der Waals surface area contributed by atoms with Gasteiger partial charge in [-0.3, -0.25) is 4.79 Å². The van der Waals surface area contributed by atoms with Crippen LogP contribution in [0.25, 0.3) is 0 Å². The second-order valence-corrected chi connectivity index (χ2v) is 5.32. The minimum atomic E-state index is -0.418. The van der Waals surface area contributed by atoms with Crippen LogP contribution in [0.1, 0.15) is 37.7 Å². The van der Waals surface area contributed by atoms with Crippen molar-refractivity contribution in [2.24, 2.45) is 0 Å². The van der Waals surface area contributed by atoms with Gasteiger partial charge in [-0.15, -0.1) is 11.3 Å². The van der Waals surface area contributed by atoms with Gasteiger partial charge in [-0.1, -0.05) is 0 Å². The highest BCUT2D eigenvalue weighted by atomic mass is 32.1. The Balaban J connectivity index is 2.15. The predicted octanol–water partition coefficient (Wildman–Crippen LogP) is 3.18. The largest absolute Gasteiger partial charge is 0.422 e. The number of carbonyl (C=O) groups is 2. The van der Waals surface area contributed by atoms with Crippen molar-refractivity contribution in [3.63, 3.8) is 0 Å². The Hall–Kier alpha value is -2.01. The van der Waals surface area contributed by atoms with Gasteiger partial charge in [0.2, 0.25) is 0 Å². The Morgan fingerprint density at radius 1 is 1.16 bits per heavy atom. The van der Waals surface area contributed by atoms with E-state index in [4.69, 9.17) is 4.74 Å². The SMILES string of the molecule is CC(=O)c1ccc(OC(=O)c2sc(C)nc2C)cc1. The summed E-state index contributed by atoms with van der Waals surface area (Å²) >= 11 is 1.31. The van der Waals surface area contributed by atoms with Gasteiger partial charge in [0, 0.05) is 5.56 Å². The van der Waals surface area contributed by atoms with E-state index in [0.29, 0.717) is 21.9 Å². The number of benzene rings is 1. The van der Waals surface area contributed by atoms with E-state index in [0.717, 1.165) is 5.01 Å². The Kier molecular flexibility index (Phi) is 3.76. The molecule has 0 spiro atoms. The standard InChI is InChI=1S/C14H13NO3S/c1-8-13(19-10(3)15-8)14(17)18-12-6-4-11(5-7-12)9(2)16/h4-7H,1-3H3. The second kappa shape index (κ2) is 5.32. The summed E-state index contributed by atoms with van der Waals surface area (Å²) in [4.78, 5) is 27.8. The maximum Gasteiger partial charge on any atom is 0.355 e. The van der Waals surface area contributed by atoms with Crippen LogP contribution in [0.5, 0.6) is 5.75 Å². The van der Waals surface area contributed by atoms with E-state index >= 15 is 0 Å².